The van der Waals surface area contributed by atoms with Gasteiger partial charge < -0.3 is 9.55 Å². The minimum atomic E-state index is -0.253. The molecular formula is C16H16N4O2S2. The number of nitrogens with zero attached hydrogens (tertiary/aromatic N) is 3. The summed E-state index contributed by atoms with van der Waals surface area (Å²) in [4.78, 5) is 32.5. The molecule has 6 nitrogen and oxygen atoms in total. The fourth-order valence-electron chi connectivity index (χ4n) is 2.63. The van der Waals surface area contributed by atoms with E-state index in [9.17, 15) is 9.59 Å². The zero-order chi connectivity index (χ0) is 17.4. The predicted molar refractivity (Wildman–Crippen MR) is 97.5 cm³/mol. The quantitative estimate of drug-likeness (QED) is 0.431. The third-order valence-electron chi connectivity index (χ3n) is 3.72. The highest BCUT2D eigenvalue weighted by Gasteiger charge is 2.16. The molecule has 0 aliphatic heterocycles. The Labute approximate surface area is 147 Å². The Bertz CT molecular complexity index is 1070. The van der Waals surface area contributed by atoms with E-state index >= 15 is 0 Å². The van der Waals surface area contributed by atoms with Gasteiger partial charge in [-0.1, -0.05) is 17.4 Å². The predicted octanol–water partition coefficient (Wildman–Crippen LogP) is 3.00. The van der Waals surface area contributed by atoms with Gasteiger partial charge in [0, 0.05) is 23.5 Å². The number of thiazole rings is 1. The lowest BCUT2D eigenvalue weighted by Crippen LogP contribution is -2.24. The third-order valence-corrected chi connectivity index (χ3v) is 5.15. The maximum Gasteiger partial charge on any atom is 0.273 e. The first-order chi connectivity index (χ1) is 11.4. The second-order valence-corrected chi connectivity index (χ2v) is 7.16. The second-order valence-electron chi connectivity index (χ2n) is 5.51. The highest BCUT2D eigenvalue weighted by atomic mass is 32.1. The molecule has 1 N–H and O–H groups in total. The van der Waals surface area contributed by atoms with Crippen LogP contribution in [0.25, 0.3) is 10.3 Å². The number of carbonyl (C=O) groups is 1. The van der Waals surface area contributed by atoms with Crippen molar-refractivity contribution in [3.8, 4) is 0 Å². The molecule has 3 aromatic heterocycles. The van der Waals surface area contributed by atoms with Crippen molar-refractivity contribution in [1.29, 1.82) is 0 Å². The summed E-state index contributed by atoms with van der Waals surface area (Å²) in [6, 6.07) is 1.79. The van der Waals surface area contributed by atoms with E-state index < -0.39 is 0 Å². The van der Waals surface area contributed by atoms with E-state index in [0.29, 0.717) is 26.4 Å². The number of hydrogen-bond donors (Lipinski definition) is 1. The molecule has 3 rings (SSSR count). The summed E-state index contributed by atoms with van der Waals surface area (Å²) in [5.74, 6) is -0.130. The molecule has 0 saturated heterocycles. The first-order valence-electron chi connectivity index (χ1n) is 7.31. The van der Waals surface area contributed by atoms with Crippen molar-refractivity contribution in [1.82, 2.24) is 19.1 Å². The molecule has 124 valence electrons. The lowest BCUT2D eigenvalue weighted by atomic mass is 10.1. The van der Waals surface area contributed by atoms with Gasteiger partial charge in [-0.05, 0) is 32.1 Å². The van der Waals surface area contributed by atoms with Crippen molar-refractivity contribution in [2.45, 2.75) is 26.9 Å². The van der Waals surface area contributed by atoms with Crippen LogP contribution in [0.1, 0.15) is 21.7 Å². The van der Waals surface area contributed by atoms with Gasteiger partial charge in [0.15, 0.2) is 15.4 Å². The fourth-order valence-corrected chi connectivity index (χ4v) is 3.94. The number of fused-ring (bicyclic) bond motifs is 1. The molecule has 0 radical (unpaired) electrons. The lowest BCUT2D eigenvalue weighted by molar-refractivity contribution is 0.0970. The summed E-state index contributed by atoms with van der Waals surface area (Å²) in [5.41, 5.74) is 2.59. The van der Waals surface area contributed by atoms with Crippen LogP contribution >= 0.6 is 23.6 Å². The van der Waals surface area contributed by atoms with Crippen LogP contribution in [0.2, 0.25) is 0 Å². The highest BCUT2D eigenvalue weighted by Crippen LogP contribution is 2.18. The van der Waals surface area contributed by atoms with Crippen LogP contribution in [-0.4, -0.2) is 24.9 Å². The number of nitrogens with one attached hydrogen (secondary N) is 1. The zero-order valence-electron chi connectivity index (χ0n) is 13.3. The molecule has 0 aliphatic carbocycles. The SMILES string of the molecule is C=CCn1c(=S)sc2c(=O)n(CC(=O)c3cc(C)[nH]c3C)cnc21. The van der Waals surface area contributed by atoms with Gasteiger partial charge in [0.05, 0.1) is 6.54 Å². The van der Waals surface area contributed by atoms with E-state index in [1.165, 1.54) is 22.2 Å². The monoisotopic (exact) mass is 360 g/mol. The van der Waals surface area contributed by atoms with E-state index in [4.69, 9.17) is 12.2 Å². The van der Waals surface area contributed by atoms with E-state index in [0.717, 1.165) is 11.4 Å². The van der Waals surface area contributed by atoms with Crippen LogP contribution < -0.4 is 5.56 Å². The number of aromatic nitrogens is 4. The average Bonchev–Trinajstić information content (AvgIpc) is 3.03. The van der Waals surface area contributed by atoms with E-state index in [-0.39, 0.29) is 17.9 Å². The molecule has 0 bridgehead atoms. The molecule has 0 spiro atoms. The van der Waals surface area contributed by atoms with Crippen molar-refractivity contribution < 1.29 is 4.79 Å². The summed E-state index contributed by atoms with van der Waals surface area (Å²) >= 11 is 6.49. The lowest BCUT2D eigenvalue weighted by Gasteiger charge is -2.05. The van der Waals surface area contributed by atoms with E-state index in [1.807, 2.05) is 13.8 Å². The number of Topliss-reactive ketones (excluding diaryl/α,β-unsaturated/α-hetero) is 1. The van der Waals surface area contributed by atoms with Crippen molar-refractivity contribution in [3.05, 3.63) is 56.3 Å². The molecule has 0 aliphatic rings. The minimum absolute atomic E-state index is 0.0496. The molecule has 24 heavy (non-hydrogen) atoms. The minimum Gasteiger partial charge on any atom is -0.362 e. The number of carbonyl (C=O) groups excluding carboxylic acids is 1. The number of ketones is 1. The second kappa shape index (κ2) is 6.29. The zero-order valence-corrected chi connectivity index (χ0v) is 15.0. The summed E-state index contributed by atoms with van der Waals surface area (Å²) in [5, 5.41) is 0. The number of hydrogen-bond acceptors (Lipinski definition) is 5. The Morgan fingerprint density at radius 2 is 2.25 bits per heavy atom. The Morgan fingerprint density at radius 1 is 1.50 bits per heavy atom. The van der Waals surface area contributed by atoms with Gasteiger partial charge in [0.2, 0.25) is 0 Å². The number of allylic oxidation sites excluding steroid dienone is 1. The van der Waals surface area contributed by atoms with Gasteiger partial charge in [-0.25, -0.2) is 4.98 Å². The van der Waals surface area contributed by atoms with E-state index in [2.05, 4.69) is 16.5 Å². The molecule has 0 aromatic carbocycles. The molecule has 0 fully saturated rings. The van der Waals surface area contributed by atoms with Gasteiger partial charge in [-0.15, -0.1) is 6.58 Å². The van der Waals surface area contributed by atoms with Crippen molar-refractivity contribution in [3.63, 3.8) is 0 Å². The Hall–Kier alpha value is -2.32. The van der Waals surface area contributed by atoms with Crippen molar-refractivity contribution in [2.75, 3.05) is 0 Å². The van der Waals surface area contributed by atoms with Crippen LogP contribution in [-0.2, 0) is 13.1 Å². The maximum absolute atomic E-state index is 12.6. The Kier molecular flexibility index (Phi) is 4.33. The fraction of sp³-hybridized carbons (Fsp3) is 0.250. The molecular weight excluding hydrogens is 344 g/mol. The van der Waals surface area contributed by atoms with E-state index in [1.54, 1.807) is 16.7 Å². The number of aryl methyl sites for hydroxylation is 2. The molecule has 8 heteroatoms. The first-order valence-corrected chi connectivity index (χ1v) is 8.54. The van der Waals surface area contributed by atoms with Gasteiger partial charge in [-0.3, -0.25) is 14.2 Å². The first kappa shape index (κ1) is 16.5. The molecule has 3 heterocycles. The standard InChI is InChI=1S/C16H16N4O2S2/c1-4-5-20-14-13(24-16(20)23)15(22)19(8-17-14)7-12(21)11-6-9(2)18-10(11)3/h4,6,8,18H,1,5,7H2,2-3H3. The van der Waals surface area contributed by atoms with Gasteiger partial charge >= 0.3 is 0 Å². The largest absolute Gasteiger partial charge is 0.362 e. The third kappa shape index (κ3) is 2.78. The topological polar surface area (TPSA) is 72.7 Å². The Balaban J connectivity index is 2.02. The normalized spacial score (nSPS) is 11.1. The summed E-state index contributed by atoms with van der Waals surface area (Å²) in [6.07, 6.45) is 3.11. The van der Waals surface area contributed by atoms with Crippen LogP contribution in [0.5, 0.6) is 0 Å². The van der Waals surface area contributed by atoms with Gasteiger partial charge in [0.1, 0.15) is 11.0 Å². The summed E-state index contributed by atoms with van der Waals surface area (Å²) in [7, 11) is 0. The maximum atomic E-state index is 12.6. The average molecular weight is 360 g/mol. The summed E-state index contributed by atoms with van der Waals surface area (Å²) in [6.45, 7) is 7.86. The van der Waals surface area contributed by atoms with Crippen LogP contribution in [0, 0.1) is 17.8 Å². The molecule has 0 amide bonds. The Morgan fingerprint density at radius 3 is 2.88 bits per heavy atom. The van der Waals surface area contributed by atoms with Gasteiger partial charge in [0.25, 0.3) is 5.56 Å². The van der Waals surface area contributed by atoms with Crippen LogP contribution in [0.4, 0.5) is 0 Å². The molecule has 0 atom stereocenters. The van der Waals surface area contributed by atoms with Crippen LogP contribution in [0.15, 0.2) is 29.8 Å². The molecule has 3 aromatic rings. The highest BCUT2D eigenvalue weighted by molar-refractivity contribution is 7.73. The van der Waals surface area contributed by atoms with Crippen molar-refractivity contribution in [2.24, 2.45) is 0 Å². The number of H-pyrrole nitrogens is 1. The number of rotatable bonds is 5. The molecule has 0 unspecified atom stereocenters. The summed E-state index contributed by atoms with van der Waals surface area (Å²) < 4.78 is 4.11. The smallest absolute Gasteiger partial charge is 0.273 e. The number of aromatic amines is 1. The van der Waals surface area contributed by atoms with Gasteiger partial charge in [-0.2, -0.15) is 0 Å². The molecule has 0 saturated carbocycles. The van der Waals surface area contributed by atoms with Crippen LogP contribution in [0.3, 0.4) is 0 Å². The van der Waals surface area contributed by atoms with Crippen molar-refractivity contribution >= 4 is 39.7 Å².